The van der Waals surface area contributed by atoms with Crippen molar-refractivity contribution in [3.63, 3.8) is 0 Å². The number of nitrogens with zero attached hydrogens (tertiary/aromatic N) is 4. The third-order valence-corrected chi connectivity index (χ3v) is 7.50. The molecular weight excluding hydrogens is 436 g/mol. The summed E-state index contributed by atoms with van der Waals surface area (Å²) >= 11 is 2.27. The van der Waals surface area contributed by atoms with E-state index in [1.165, 1.54) is 8.61 Å². The van der Waals surface area contributed by atoms with Gasteiger partial charge in [0.1, 0.15) is 0 Å². The zero-order chi connectivity index (χ0) is 21.5. The first-order valence-corrected chi connectivity index (χ1v) is 11.3. The molecule has 2 aromatic carbocycles. The van der Waals surface area contributed by atoms with Gasteiger partial charge in [-0.15, -0.1) is 0 Å². The molecule has 3 aliphatic rings. The van der Waals surface area contributed by atoms with Crippen LogP contribution in [0.5, 0.6) is 0 Å². The highest BCUT2D eigenvalue weighted by Crippen LogP contribution is 2.33. The first-order chi connectivity index (χ1) is 15.0. The van der Waals surface area contributed by atoms with Gasteiger partial charge < -0.3 is 0 Å². The van der Waals surface area contributed by atoms with E-state index < -0.39 is 0 Å². The summed E-state index contributed by atoms with van der Waals surface area (Å²) in [6.45, 7) is 2.51. The van der Waals surface area contributed by atoms with E-state index in [0.717, 1.165) is 30.7 Å². The minimum absolute atomic E-state index is 0.299. The number of carbonyl (C=O) groups excluding carboxylic acids is 4. The molecule has 0 aromatic heterocycles. The Balaban J connectivity index is 1.21. The topological polar surface area (TPSA) is 81.2 Å². The highest BCUT2D eigenvalue weighted by molar-refractivity contribution is 7.96. The smallest absolute Gasteiger partial charge is 0.268 e. The standard InChI is InChI=1S/C21H18N4O4S2/c26-18-14-6-1-2-7-15(14)19(27)24(18)30-22-10-5-11-23(13-12-22)31-25-20(28)16-8-3-4-9-17(16)21(25)29/h1-4,6-9H,5,10-13H2. The summed E-state index contributed by atoms with van der Waals surface area (Å²) in [5.41, 5.74) is 1.71. The average molecular weight is 455 g/mol. The van der Waals surface area contributed by atoms with E-state index in [1.54, 1.807) is 48.5 Å². The van der Waals surface area contributed by atoms with Crippen molar-refractivity contribution in [2.24, 2.45) is 0 Å². The van der Waals surface area contributed by atoms with Crippen LogP contribution in [0.2, 0.25) is 0 Å². The van der Waals surface area contributed by atoms with Gasteiger partial charge in [-0.1, -0.05) is 24.3 Å². The first-order valence-electron chi connectivity index (χ1n) is 9.86. The fraction of sp³-hybridized carbons (Fsp3) is 0.238. The molecule has 3 aliphatic heterocycles. The Morgan fingerprint density at radius 1 is 0.516 bits per heavy atom. The van der Waals surface area contributed by atoms with E-state index >= 15 is 0 Å². The Bertz CT molecular complexity index is 953. The zero-order valence-electron chi connectivity index (χ0n) is 16.4. The zero-order valence-corrected chi connectivity index (χ0v) is 18.0. The predicted molar refractivity (Wildman–Crippen MR) is 117 cm³/mol. The third-order valence-electron chi connectivity index (χ3n) is 5.32. The SMILES string of the molecule is O=C1c2ccccc2C(=O)N1SN1CCCN(SN2C(=O)c3ccccc3C2=O)CC1. The molecule has 10 heteroatoms. The fourth-order valence-electron chi connectivity index (χ4n) is 3.75. The van der Waals surface area contributed by atoms with Gasteiger partial charge in [0.15, 0.2) is 0 Å². The largest absolute Gasteiger partial charge is 0.272 e. The van der Waals surface area contributed by atoms with E-state index in [9.17, 15) is 19.2 Å². The lowest BCUT2D eigenvalue weighted by Gasteiger charge is -2.24. The summed E-state index contributed by atoms with van der Waals surface area (Å²) in [6.07, 6.45) is 0.770. The van der Waals surface area contributed by atoms with E-state index in [4.69, 9.17) is 0 Å². The van der Waals surface area contributed by atoms with Crippen LogP contribution in [-0.2, 0) is 0 Å². The van der Waals surface area contributed by atoms with Gasteiger partial charge in [0.05, 0.1) is 46.5 Å². The van der Waals surface area contributed by atoms with E-state index in [1.807, 2.05) is 8.61 Å². The van der Waals surface area contributed by atoms with Crippen molar-refractivity contribution >= 4 is 47.9 Å². The number of benzene rings is 2. The summed E-state index contributed by atoms with van der Waals surface area (Å²) in [5, 5.41) is 0. The van der Waals surface area contributed by atoms with Gasteiger partial charge in [-0.3, -0.25) is 19.2 Å². The van der Waals surface area contributed by atoms with Gasteiger partial charge in [-0.05, 0) is 30.7 Å². The van der Waals surface area contributed by atoms with Crippen molar-refractivity contribution in [2.75, 3.05) is 26.2 Å². The van der Waals surface area contributed by atoms with Crippen molar-refractivity contribution in [2.45, 2.75) is 6.42 Å². The van der Waals surface area contributed by atoms with Crippen LogP contribution in [0.1, 0.15) is 47.9 Å². The Morgan fingerprint density at radius 3 is 1.16 bits per heavy atom. The molecule has 0 bridgehead atoms. The quantitative estimate of drug-likeness (QED) is 0.515. The highest BCUT2D eigenvalue weighted by Gasteiger charge is 2.39. The second-order valence-corrected chi connectivity index (χ2v) is 9.37. The van der Waals surface area contributed by atoms with Crippen LogP contribution in [0.4, 0.5) is 0 Å². The van der Waals surface area contributed by atoms with Crippen LogP contribution < -0.4 is 0 Å². The molecule has 0 N–H and O–H groups in total. The maximum atomic E-state index is 12.6. The van der Waals surface area contributed by atoms with Gasteiger partial charge in [-0.25, -0.2) is 17.2 Å². The molecule has 0 radical (unpaired) electrons. The molecule has 0 saturated carbocycles. The molecule has 158 valence electrons. The molecule has 3 heterocycles. The Kier molecular flexibility index (Phi) is 5.30. The van der Waals surface area contributed by atoms with Gasteiger partial charge in [-0.2, -0.15) is 0 Å². The van der Waals surface area contributed by atoms with Gasteiger partial charge in [0.25, 0.3) is 23.6 Å². The van der Waals surface area contributed by atoms with Crippen LogP contribution in [0.15, 0.2) is 48.5 Å². The molecule has 0 spiro atoms. The fourth-order valence-corrected chi connectivity index (χ4v) is 5.65. The van der Waals surface area contributed by atoms with Crippen molar-refractivity contribution in [3.05, 3.63) is 70.8 Å². The first kappa shape index (κ1) is 20.3. The normalized spacial score (nSPS) is 19.7. The van der Waals surface area contributed by atoms with Crippen LogP contribution >= 0.6 is 24.3 Å². The van der Waals surface area contributed by atoms with E-state index in [-0.39, 0.29) is 23.6 Å². The summed E-state index contributed by atoms with van der Waals surface area (Å²) in [6, 6.07) is 13.7. The molecule has 0 aliphatic carbocycles. The van der Waals surface area contributed by atoms with E-state index in [2.05, 4.69) is 0 Å². The van der Waals surface area contributed by atoms with Crippen molar-refractivity contribution < 1.29 is 19.2 Å². The van der Waals surface area contributed by atoms with Gasteiger partial charge in [0, 0.05) is 26.2 Å². The molecule has 2 aromatic rings. The van der Waals surface area contributed by atoms with Crippen molar-refractivity contribution in [3.8, 4) is 0 Å². The summed E-state index contributed by atoms with van der Waals surface area (Å²) < 4.78 is 6.37. The van der Waals surface area contributed by atoms with Crippen LogP contribution in [0.3, 0.4) is 0 Å². The molecule has 31 heavy (non-hydrogen) atoms. The molecule has 5 rings (SSSR count). The van der Waals surface area contributed by atoms with Crippen molar-refractivity contribution in [1.82, 2.24) is 17.2 Å². The molecule has 4 amide bonds. The number of amides is 4. The number of imide groups is 2. The van der Waals surface area contributed by atoms with Crippen molar-refractivity contribution in [1.29, 1.82) is 0 Å². The number of fused-ring (bicyclic) bond motifs is 2. The lowest BCUT2D eigenvalue weighted by molar-refractivity contribution is 0.0755. The second kappa shape index (κ2) is 8.12. The highest BCUT2D eigenvalue weighted by atomic mass is 32.2. The number of carbonyl (C=O) groups is 4. The average Bonchev–Trinajstić information content (AvgIpc) is 3.05. The lowest BCUT2D eigenvalue weighted by atomic mass is 10.1. The summed E-state index contributed by atoms with van der Waals surface area (Å²) in [7, 11) is 0. The molecule has 1 fully saturated rings. The summed E-state index contributed by atoms with van der Waals surface area (Å²) in [4.78, 5) is 50.4. The minimum atomic E-state index is -0.299. The number of hydrogen-bond acceptors (Lipinski definition) is 8. The molecule has 0 unspecified atom stereocenters. The van der Waals surface area contributed by atoms with Gasteiger partial charge in [0.2, 0.25) is 0 Å². The van der Waals surface area contributed by atoms with Crippen LogP contribution in [0.25, 0.3) is 0 Å². The van der Waals surface area contributed by atoms with Gasteiger partial charge >= 0.3 is 0 Å². The maximum Gasteiger partial charge on any atom is 0.272 e. The third kappa shape index (κ3) is 3.55. The monoisotopic (exact) mass is 454 g/mol. The molecule has 8 nitrogen and oxygen atoms in total. The lowest BCUT2D eigenvalue weighted by Crippen LogP contribution is -2.33. The molecular formula is C21H18N4O4S2. The number of rotatable bonds is 4. The Hall–Kier alpha value is -2.66. The van der Waals surface area contributed by atoms with E-state index in [0.29, 0.717) is 48.4 Å². The predicted octanol–water partition coefficient (Wildman–Crippen LogP) is 2.71. The Morgan fingerprint density at radius 2 is 0.839 bits per heavy atom. The maximum absolute atomic E-state index is 12.6. The number of hydrogen-bond donors (Lipinski definition) is 0. The second-order valence-electron chi connectivity index (χ2n) is 7.28. The summed E-state index contributed by atoms with van der Waals surface area (Å²) in [5.74, 6) is -1.20. The molecule has 1 saturated heterocycles. The van der Waals surface area contributed by atoms with Crippen LogP contribution in [0, 0.1) is 0 Å². The Labute approximate surface area is 187 Å². The molecule has 0 atom stereocenters. The minimum Gasteiger partial charge on any atom is -0.268 e. The van der Waals surface area contributed by atoms with Crippen LogP contribution in [-0.4, -0.2) is 67.0 Å².